The van der Waals surface area contributed by atoms with Crippen LogP contribution in [-0.2, 0) is 0 Å². The molecule has 0 aliphatic heterocycles. The smallest absolute Gasteiger partial charge is 0.190 e. The highest BCUT2D eigenvalue weighted by molar-refractivity contribution is 6.01. The highest BCUT2D eigenvalue weighted by Gasteiger charge is 2.49. The fraction of sp³-hybridized carbons (Fsp3) is 0.308. The lowest BCUT2D eigenvalue weighted by molar-refractivity contribution is 0.0897. The maximum atomic E-state index is 12.4. The molecular weight excluding hydrogens is 228 g/mol. The van der Waals surface area contributed by atoms with Crippen molar-refractivity contribution in [2.75, 3.05) is 6.54 Å². The van der Waals surface area contributed by atoms with Crippen LogP contribution in [-0.4, -0.2) is 27.3 Å². The summed E-state index contributed by atoms with van der Waals surface area (Å²) in [6, 6.07) is 9.52. The van der Waals surface area contributed by atoms with Gasteiger partial charge in [0.25, 0.3) is 0 Å². The molecule has 5 nitrogen and oxygen atoms in total. The van der Waals surface area contributed by atoms with Crippen molar-refractivity contribution in [3.63, 3.8) is 0 Å². The Hall–Kier alpha value is -2.01. The number of nitrogens with zero attached hydrogens (tertiary/aromatic N) is 3. The molecule has 3 rings (SSSR count). The molecule has 2 N–H and O–H groups in total. The molecule has 0 unspecified atom stereocenters. The largest absolute Gasteiger partial charge is 0.329 e. The molecule has 0 bridgehead atoms. The molecule has 18 heavy (non-hydrogen) atoms. The number of ketones is 1. The first-order chi connectivity index (χ1) is 8.77. The zero-order valence-corrected chi connectivity index (χ0v) is 9.91. The Kier molecular flexibility index (Phi) is 2.48. The molecule has 1 heterocycles. The first kappa shape index (κ1) is 11.1. The van der Waals surface area contributed by atoms with Crippen molar-refractivity contribution in [1.29, 1.82) is 0 Å². The molecule has 0 atom stereocenters. The Morgan fingerprint density at radius 1 is 1.33 bits per heavy atom. The number of rotatable bonds is 4. The number of carbonyl (C=O) groups excluding carboxylic acids is 1. The van der Waals surface area contributed by atoms with Crippen molar-refractivity contribution in [3.05, 3.63) is 42.2 Å². The number of hydrogen-bond donors (Lipinski definition) is 1. The van der Waals surface area contributed by atoms with E-state index in [1.165, 1.54) is 6.20 Å². The molecule has 1 aliphatic rings. The molecule has 0 spiro atoms. The second-order valence-corrected chi connectivity index (χ2v) is 4.68. The highest BCUT2D eigenvalue weighted by atomic mass is 16.1. The average Bonchev–Trinajstić information content (AvgIpc) is 3.08. The van der Waals surface area contributed by atoms with Gasteiger partial charge in [-0.3, -0.25) is 4.79 Å². The molecule has 0 amide bonds. The maximum absolute atomic E-state index is 12.4. The van der Waals surface area contributed by atoms with Gasteiger partial charge in [-0.25, -0.2) is 4.68 Å². The van der Waals surface area contributed by atoms with Gasteiger partial charge in [-0.1, -0.05) is 23.4 Å². The van der Waals surface area contributed by atoms with Crippen LogP contribution < -0.4 is 5.73 Å². The van der Waals surface area contributed by atoms with Gasteiger partial charge in [0, 0.05) is 12.0 Å². The SMILES string of the molecule is NCC1(C(=O)c2cnnn2-c2ccccc2)CC1. The van der Waals surface area contributed by atoms with Gasteiger partial charge in [0.15, 0.2) is 5.78 Å². The van der Waals surface area contributed by atoms with E-state index in [2.05, 4.69) is 10.3 Å². The molecule has 1 aliphatic carbocycles. The predicted molar refractivity (Wildman–Crippen MR) is 66.4 cm³/mol. The van der Waals surface area contributed by atoms with E-state index in [0.717, 1.165) is 18.5 Å². The van der Waals surface area contributed by atoms with Crippen LogP contribution in [0.15, 0.2) is 36.5 Å². The lowest BCUT2D eigenvalue weighted by Crippen LogP contribution is -2.27. The minimum atomic E-state index is -0.367. The van der Waals surface area contributed by atoms with Crippen LogP contribution in [0.3, 0.4) is 0 Å². The van der Waals surface area contributed by atoms with Crippen molar-refractivity contribution in [1.82, 2.24) is 15.0 Å². The summed E-state index contributed by atoms with van der Waals surface area (Å²) >= 11 is 0. The number of benzene rings is 1. The van der Waals surface area contributed by atoms with E-state index in [1.807, 2.05) is 30.3 Å². The van der Waals surface area contributed by atoms with Crippen molar-refractivity contribution in [2.45, 2.75) is 12.8 Å². The fourth-order valence-electron chi connectivity index (χ4n) is 2.10. The van der Waals surface area contributed by atoms with Crippen LogP contribution in [0.25, 0.3) is 5.69 Å². The summed E-state index contributed by atoms with van der Waals surface area (Å²) in [6.45, 7) is 0.395. The Morgan fingerprint density at radius 2 is 2.06 bits per heavy atom. The lowest BCUT2D eigenvalue weighted by atomic mass is 9.99. The van der Waals surface area contributed by atoms with Crippen molar-refractivity contribution < 1.29 is 4.79 Å². The van der Waals surface area contributed by atoms with E-state index in [-0.39, 0.29) is 11.2 Å². The fourth-order valence-corrected chi connectivity index (χ4v) is 2.10. The van der Waals surface area contributed by atoms with Gasteiger partial charge in [0.05, 0.1) is 11.9 Å². The van der Waals surface area contributed by atoms with Gasteiger partial charge in [-0.2, -0.15) is 0 Å². The topological polar surface area (TPSA) is 73.8 Å². The molecule has 1 saturated carbocycles. The summed E-state index contributed by atoms with van der Waals surface area (Å²) in [6.07, 6.45) is 3.25. The maximum Gasteiger partial charge on any atom is 0.190 e. The van der Waals surface area contributed by atoms with Crippen LogP contribution in [0.1, 0.15) is 23.3 Å². The zero-order chi connectivity index (χ0) is 12.6. The zero-order valence-electron chi connectivity index (χ0n) is 9.91. The Balaban J connectivity index is 2.00. The van der Waals surface area contributed by atoms with Crippen LogP contribution in [0, 0.1) is 5.41 Å². The molecule has 1 aromatic heterocycles. The summed E-state index contributed by atoms with van der Waals surface area (Å²) in [5, 5.41) is 7.83. The van der Waals surface area contributed by atoms with Crippen LogP contribution in [0.4, 0.5) is 0 Å². The molecular formula is C13H14N4O. The van der Waals surface area contributed by atoms with Crippen LogP contribution >= 0.6 is 0 Å². The highest BCUT2D eigenvalue weighted by Crippen LogP contribution is 2.47. The van der Waals surface area contributed by atoms with E-state index >= 15 is 0 Å². The third-order valence-electron chi connectivity index (χ3n) is 3.51. The Bertz CT molecular complexity index is 572. The number of aromatic nitrogens is 3. The number of carbonyl (C=O) groups is 1. The van der Waals surface area contributed by atoms with E-state index in [1.54, 1.807) is 4.68 Å². The van der Waals surface area contributed by atoms with E-state index in [0.29, 0.717) is 12.2 Å². The minimum Gasteiger partial charge on any atom is -0.329 e. The number of hydrogen-bond acceptors (Lipinski definition) is 4. The van der Waals surface area contributed by atoms with Crippen LogP contribution in [0.5, 0.6) is 0 Å². The van der Waals surface area contributed by atoms with Crippen molar-refractivity contribution >= 4 is 5.78 Å². The van der Waals surface area contributed by atoms with Gasteiger partial charge in [-0.15, -0.1) is 5.10 Å². The first-order valence-electron chi connectivity index (χ1n) is 5.98. The minimum absolute atomic E-state index is 0.0545. The summed E-state index contributed by atoms with van der Waals surface area (Å²) in [5.74, 6) is 0.0545. The third-order valence-corrected chi connectivity index (χ3v) is 3.51. The van der Waals surface area contributed by atoms with E-state index in [9.17, 15) is 4.79 Å². The molecule has 0 saturated heterocycles. The normalized spacial score (nSPS) is 16.5. The van der Waals surface area contributed by atoms with Gasteiger partial charge >= 0.3 is 0 Å². The lowest BCUT2D eigenvalue weighted by Gasteiger charge is -2.11. The quantitative estimate of drug-likeness (QED) is 0.817. The summed E-state index contributed by atoms with van der Waals surface area (Å²) in [7, 11) is 0. The van der Waals surface area contributed by atoms with Gasteiger partial charge in [0.2, 0.25) is 0 Å². The van der Waals surface area contributed by atoms with Gasteiger partial charge in [-0.05, 0) is 25.0 Å². The summed E-state index contributed by atoms with van der Waals surface area (Å²) in [4.78, 5) is 12.4. The second kappa shape index (κ2) is 4.03. The van der Waals surface area contributed by atoms with E-state index in [4.69, 9.17) is 5.73 Å². The Morgan fingerprint density at radius 3 is 2.67 bits per heavy atom. The molecule has 5 heteroatoms. The molecule has 2 aromatic rings. The van der Waals surface area contributed by atoms with Crippen LogP contribution in [0.2, 0.25) is 0 Å². The number of nitrogens with two attached hydrogens (primary N) is 1. The molecule has 1 fully saturated rings. The number of para-hydroxylation sites is 1. The first-order valence-corrected chi connectivity index (χ1v) is 5.98. The van der Waals surface area contributed by atoms with Gasteiger partial charge in [0.1, 0.15) is 5.69 Å². The summed E-state index contributed by atoms with van der Waals surface area (Å²) in [5.41, 5.74) is 6.68. The standard InChI is InChI=1S/C13H14N4O/c14-9-13(6-7-13)12(18)11-8-15-16-17(11)10-4-2-1-3-5-10/h1-5,8H,6-7,9,14H2. The van der Waals surface area contributed by atoms with Crippen molar-refractivity contribution in [3.8, 4) is 5.69 Å². The van der Waals surface area contributed by atoms with Crippen molar-refractivity contribution in [2.24, 2.45) is 11.1 Å². The second-order valence-electron chi connectivity index (χ2n) is 4.68. The molecule has 0 radical (unpaired) electrons. The number of Topliss-reactive ketones (excluding diaryl/α,β-unsaturated/α-hetero) is 1. The monoisotopic (exact) mass is 242 g/mol. The predicted octanol–water partition coefficient (Wildman–Crippen LogP) is 1.19. The average molecular weight is 242 g/mol. The molecule has 1 aromatic carbocycles. The van der Waals surface area contributed by atoms with Gasteiger partial charge < -0.3 is 5.73 Å². The van der Waals surface area contributed by atoms with E-state index < -0.39 is 0 Å². The Labute approximate surface area is 105 Å². The third kappa shape index (κ3) is 1.64. The molecule has 92 valence electrons. The summed E-state index contributed by atoms with van der Waals surface area (Å²) < 4.78 is 1.58.